The first kappa shape index (κ1) is 22.3. The molecule has 0 aliphatic carbocycles. The van der Waals surface area contributed by atoms with Crippen molar-refractivity contribution in [3.05, 3.63) is 30.2 Å². The van der Waals surface area contributed by atoms with Crippen LogP contribution in [-0.4, -0.2) is 60.4 Å². The Hall–Kier alpha value is -4.00. The molecule has 0 aliphatic rings. The van der Waals surface area contributed by atoms with Gasteiger partial charge in [-0.3, -0.25) is 4.79 Å². The molecule has 3 rings (SSSR count). The van der Waals surface area contributed by atoms with Crippen molar-refractivity contribution in [3.63, 3.8) is 0 Å². The monoisotopic (exact) mass is 419 g/mol. The molecule has 0 bridgehead atoms. The lowest BCUT2D eigenvalue weighted by molar-refractivity contribution is -0.141. The number of carbonyl (C=O) groups excluding carboxylic acids is 2. The third-order valence-corrected chi connectivity index (χ3v) is 3.49. The summed E-state index contributed by atoms with van der Waals surface area (Å²) in [5.74, 6) is -1.01. The molecule has 0 saturated carbocycles. The average Bonchev–Trinajstić information content (AvgIpc) is 3.29. The van der Waals surface area contributed by atoms with Crippen molar-refractivity contribution in [2.24, 2.45) is 5.73 Å². The Morgan fingerprint density at radius 3 is 2.53 bits per heavy atom. The smallest absolute Gasteiger partial charge is 0.328 e. The largest absolute Gasteiger partial charge is 0.480 e. The highest BCUT2D eigenvalue weighted by molar-refractivity contribution is 5.83. The SMILES string of the molecule is CC(N)=O.CC(O)C(NC(=O)NCc1nnc(-c2nc3ccccc3[nH]2)o1)C(=O)O. The molecule has 13 heteroatoms. The Bertz CT molecular complexity index is 991. The number of H-pyrrole nitrogens is 1. The lowest BCUT2D eigenvalue weighted by Crippen LogP contribution is -2.51. The average molecular weight is 419 g/mol. The number of carboxylic acids is 1. The molecule has 0 aliphatic heterocycles. The van der Waals surface area contributed by atoms with Gasteiger partial charge in [0.2, 0.25) is 11.8 Å². The fraction of sp³-hybridized carbons (Fsp3) is 0.294. The molecule has 3 aromatic rings. The summed E-state index contributed by atoms with van der Waals surface area (Å²) in [5.41, 5.74) is 6.04. The van der Waals surface area contributed by atoms with E-state index in [4.69, 9.17) is 9.52 Å². The van der Waals surface area contributed by atoms with Crippen LogP contribution in [0.2, 0.25) is 0 Å². The van der Waals surface area contributed by atoms with Crippen LogP contribution in [0, 0.1) is 0 Å². The first-order valence-electron chi connectivity index (χ1n) is 8.66. The Morgan fingerprint density at radius 2 is 1.93 bits per heavy atom. The molecule has 3 amide bonds. The van der Waals surface area contributed by atoms with E-state index < -0.39 is 24.1 Å². The molecule has 2 atom stereocenters. The van der Waals surface area contributed by atoms with Gasteiger partial charge in [0.15, 0.2) is 11.9 Å². The Balaban J connectivity index is 0.000000735. The molecule has 30 heavy (non-hydrogen) atoms. The topological polar surface area (TPSA) is 209 Å². The van der Waals surface area contributed by atoms with Gasteiger partial charge in [0.1, 0.15) is 0 Å². The predicted octanol–water partition coefficient (Wildman–Crippen LogP) is -0.262. The summed E-state index contributed by atoms with van der Waals surface area (Å²) in [6, 6.07) is 5.19. The minimum absolute atomic E-state index is 0.111. The summed E-state index contributed by atoms with van der Waals surface area (Å²) in [5, 5.41) is 30.4. The molecular formula is C17H21N7O6. The number of para-hydroxylation sites is 2. The van der Waals surface area contributed by atoms with E-state index in [1.807, 2.05) is 24.3 Å². The van der Waals surface area contributed by atoms with Crippen LogP contribution < -0.4 is 16.4 Å². The zero-order chi connectivity index (χ0) is 22.3. The van der Waals surface area contributed by atoms with Gasteiger partial charge in [-0.25, -0.2) is 14.6 Å². The van der Waals surface area contributed by atoms with E-state index in [-0.39, 0.29) is 24.2 Å². The number of nitrogens with one attached hydrogen (secondary N) is 3. The van der Waals surface area contributed by atoms with Crippen molar-refractivity contribution in [3.8, 4) is 11.7 Å². The van der Waals surface area contributed by atoms with Gasteiger partial charge >= 0.3 is 12.0 Å². The minimum atomic E-state index is -1.43. The number of hydrogen-bond donors (Lipinski definition) is 6. The highest BCUT2D eigenvalue weighted by Gasteiger charge is 2.25. The highest BCUT2D eigenvalue weighted by Crippen LogP contribution is 2.18. The summed E-state index contributed by atoms with van der Waals surface area (Å²) in [6.07, 6.45) is -1.25. The molecule has 2 unspecified atom stereocenters. The van der Waals surface area contributed by atoms with Gasteiger partial charge in [0, 0.05) is 6.92 Å². The third kappa shape index (κ3) is 6.27. The van der Waals surface area contributed by atoms with Crippen molar-refractivity contribution in [2.75, 3.05) is 0 Å². The molecule has 2 aromatic heterocycles. The number of aliphatic hydroxyl groups is 1. The van der Waals surface area contributed by atoms with Crippen LogP contribution in [0.3, 0.4) is 0 Å². The molecule has 0 radical (unpaired) electrons. The van der Waals surface area contributed by atoms with Gasteiger partial charge in [-0.2, -0.15) is 0 Å². The van der Waals surface area contributed by atoms with E-state index in [1.165, 1.54) is 13.8 Å². The lowest BCUT2D eigenvalue weighted by Gasteiger charge is -2.16. The van der Waals surface area contributed by atoms with E-state index in [0.29, 0.717) is 5.82 Å². The highest BCUT2D eigenvalue weighted by atomic mass is 16.4. The first-order valence-corrected chi connectivity index (χ1v) is 8.66. The number of amides is 3. The van der Waals surface area contributed by atoms with Crippen molar-refractivity contribution in [1.29, 1.82) is 0 Å². The van der Waals surface area contributed by atoms with Crippen LogP contribution >= 0.6 is 0 Å². The number of aliphatic carboxylic acids is 1. The Kier molecular flexibility index (Phi) is 7.41. The molecular weight excluding hydrogens is 398 g/mol. The first-order chi connectivity index (χ1) is 14.2. The zero-order valence-electron chi connectivity index (χ0n) is 16.1. The summed E-state index contributed by atoms with van der Waals surface area (Å²) >= 11 is 0. The quantitative estimate of drug-likeness (QED) is 0.310. The van der Waals surface area contributed by atoms with Crippen molar-refractivity contribution >= 4 is 28.9 Å². The van der Waals surface area contributed by atoms with E-state index in [9.17, 15) is 19.5 Å². The fourth-order valence-electron chi connectivity index (χ4n) is 2.21. The number of primary amides is 1. The van der Waals surface area contributed by atoms with Gasteiger partial charge in [-0.05, 0) is 19.1 Å². The molecule has 0 saturated heterocycles. The van der Waals surface area contributed by atoms with Crippen LogP contribution in [0.1, 0.15) is 19.7 Å². The van der Waals surface area contributed by atoms with Crippen molar-refractivity contribution in [1.82, 2.24) is 30.8 Å². The number of carboxylic acid groups (broad SMARTS) is 1. The zero-order valence-corrected chi connectivity index (χ0v) is 16.1. The predicted molar refractivity (Wildman–Crippen MR) is 103 cm³/mol. The Morgan fingerprint density at radius 1 is 1.27 bits per heavy atom. The summed E-state index contributed by atoms with van der Waals surface area (Å²) < 4.78 is 5.43. The van der Waals surface area contributed by atoms with E-state index in [2.05, 4.69) is 36.5 Å². The molecule has 7 N–H and O–H groups in total. The number of fused-ring (bicyclic) bond motifs is 1. The standard InChI is InChI=1S/C15H16N6O5.C2H5NO/c1-7(22)11(14(23)24)19-15(25)16-6-10-20-21-13(26-10)12-17-8-4-2-3-5-9(8)18-12;1-2(3)4/h2-5,7,11,22H,6H2,1H3,(H,17,18)(H,23,24)(H2,16,19,25);1H3,(H2,3,4). The number of nitrogens with two attached hydrogens (primary N) is 1. The Labute approximate surface area is 169 Å². The summed E-state index contributed by atoms with van der Waals surface area (Å²) in [6.45, 7) is 2.45. The van der Waals surface area contributed by atoms with Crippen LogP contribution in [-0.2, 0) is 16.1 Å². The van der Waals surface area contributed by atoms with Crippen LogP contribution in [0.5, 0.6) is 0 Å². The van der Waals surface area contributed by atoms with Crippen LogP contribution in [0.15, 0.2) is 28.7 Å². The molecule has 0 fully saturated rings. The van der Waals surface area contributed by atoms with Gasteiger partial charge in [0.05, 0.1) is 23.7 Å². The van der Waals surface area contributed by atoms with Gasteiger partial charge in [0.25, 0.3) is 5.89 Å². The summed E-state index contributed by atoms with van der Waals surface area (Å²) in [7, 11) is 0. The van der Waals surface area contributed by atoms with Crippen molar-refractivity contribution < 1.29 is 29.0 Å². The minimum Gasteiger partial charge on any atom is -0.480 e. The van der Waals surface area contributed by atoms with Crippen LogP contribution in [0.4, 0.5) is 4.79 Å². The van der Waals surface area contributed by atoms with Crippen LogP contribution in [0.25, 0.3) is 22.7 Å². The number of imidazole rings is 1. The number of aliphatic hydroxyl groups excluding tert-OH is 1. The maximum absolute atomic E-state index is 11.7. The van der Waals surface area contributed by atoms with E-state index in [0.717, 1.165) is 11.0 Å². The fourth-order valence-corrected chi connectivity index (χ4v) is 2.21. The number of benzene rings is 1. The number of aromatic nitrogens is 4. The number of nitrogens with zero attached hydrogens (tertiary/aromatic N) is 3. The van der Waals surface area contributed by atoms with Gasteiger partial charge in [-0.15, -0.1) is 10.2 Å². The summed E-state index contributed by atoms with van der Waals surface area (Å²) in [4.78, 5) is 39.2. The maximum Gasteiger partial charge on any atom is 0.328 e. The van der Waals surface area contributed by atoms with E-state index in [1.54, 1.807) is 0 Å². The lowest BCUT2D eigenvalue weighted by atomic mass is 10.2. The molecule has 160 valence electrons. The molecule has 0 spiro atoms. The second-order valence-corrected chi connectivity index (χ2v) is 6.10. The van der Waals surface area contributed by atoms with Crippen molar-refractivity contribution in [2.45, 2.75) is 32.5 Å². The van der Waals surface area contributed by atoms with E-state index >= 15 is 0 Å². The second kappa shape index (κ2) is 9.97. The number of hydrogen-bond acceptors (Lipinski definition) is 8. The molecule has 2 heterocycles. The molecule has 13 nitrogen and oxygen atoms in total. The molecule has 1 aromatic carbocycles. The van der Waals surface area contributed by atoms with Gasteiger partial charge < -0.3 is 36.0 Å². The van der Waals surface area contributed by atoms with Gasteiger partial charge in [-0.1, -0.05) is 12.1 Å². The normalized spacial score (nSPS) is 12.4. The number of urea groups is 1. The second-order valence-electron chi connectivity index (χ2n) is 6.10. The number of aromatic amines is 1. The third-order valence-electron chi connectivity index (χ3n) is 3.49. The maximum atomic E-state index is 11.7. The number of rotatable bonds is 6. The number of carbonyl (C=O) groups is 3.